The van der Waals surface area contributed by atoms with Gasteiger partial charge < -0.3 is 10.2 Å². The van der Waals surface area contributed by atoms with E-state index in [9.17, 15) is 4.79 Å². The molecule has 1 saturated carbocycles. The van der Waals surface area contributed by atoms with E-state index in [4.69, 9.17) is 0 Å². The second-order valence-corrected chi connectivity index (χ2v) is 5.69. The van der Waals surface area contributed by atoms with E-state index in [0.717, 1.165) is 44.4 Å². The van der Waals surface area contributed by atoms with Gasteiger partial charge in [-0.15, -0.1) is 0 Å². The molecule has 1 amide bonds. The van der Waals surface area contributed by atoms with Crippen LogP contribution in [0, 0.1) is 23.7 Å². The lowest BCUT2D eigenvalue weighted by Crippen LogP contribution is -2.53. The van der Waals surface area contributed by atoms with Gasteiger partial charge >= 0.3 is 0 Å². The molecular formula is C12H20N2O. The Morgan fingerprint density at radius 1 is 1.20 bits per heavy atom. The standard InChI is InChI=1S/C12H20N2O/c1-8-2-11(8)12(15)14-6-9-3-10(7-14)5-13-4-9/h8-11,13H,2-7H2,1H3/t8-,9-,10+,11+/m1/s1. The molecule has 15 heavy (non-hydrogen) atoms. The second kappa shape index (κ2) is 3.48. The first-order valence-corrected chi connectivity index (χ1v) is 6.23. The van der Waals surface area contributed by atoms with Crippen LogP contribution in [0.3, 0.4) is 0 Å². The average Bonchev–Trinajstić information content (AvgIpc) is 2.94. The van der Waals surface area contributed by atoms with Crippen molar-refractivity contribution in [2.45, 2.75) is 19.8 Å². The van der Waals surface area contributed by atoms with Crippen LogP contribution < -0.4 is 5.32 Å². The minimum Gasteiger partial charge on any atom is -0.342 e. The maximum absolute atomic E-state index is 12.1. The largest absolute Gasteiger partial charge is 0.342 e. The lowest BCUT2D eigenvalue weighted by atomic mass is 9.85. The van der Waals surface area contributed by atoms with E-state index in [0.29, 0.717) is 17.7 Å². The van der Waals surface area contributed by atoms with Gasteiger partial charge in [-0.2, -0.15) is 0 Å². The first kappa shape index (κ1) is 9.64. The summed E-state index contributed by atoms with van der Waals surface area (Å²) in [7, 11) is 0. The molecule has 4 atom stereocenters. The number of likely N-dealkylation sites (tertiary alicyclic amines) is 1. The van der Waals surface area contributed by atoms with Crippen LogP contribution in [-0.2, 0) is 4.79 Å². The van der Waals surface area contributed by atoms with Gasteiger partial charge in [0.15, 0.2) is 0 Å². The molecule has 3 rings (SSSR count). The summed E-state index contributed by atoms with van der Waals surface area (Å²) in [4.78, 5) is 14.3. The fraction of sp³-hybridized carbons (Fsp3) is 0.917. The van der Waals surface area contributed by atoms with Crippen molar-refractivity contribution in [3.8, 4) is 0 Å². The molecule has 3 nitrogen and oxygen atoms in total. The third-order valence-electron chi connectivity index (χ3n) is 4.23. The van der Waals surface area contributed by atoms with Gasteiger partial charge in [0.25, 0.3) is 0 Å². The third kappa shape index (κ3) is 1.78. The van der Waals surface area contributed by atoms with E-state index in [1.54, 1.807) is 0 Å². The van der Waals surface area contributed by atoms with Crippen LogP contribution in [0.1, 0.15) is 19.8 Å². The molecule has 0 unspecified atom stereocenters. The number of nitrogens with zero attached hydrogens (tertiary/aromatic N) is 1. The summed E-state index contributed by atoms with van der Waals surface area (Å²) in [6, 6.07) is 0. The first-order chi connectivity index (χ1) is 7.24. The SMILES string of the molecule is C[C@@H]1C[C@@H]1C(=O)N1C[C@@H]2CNC[C@@H](C2)C1. The molecule has 0 spiro atoms. The number of fused-ring (bicyclic) bond motifs is 2. The van der Waals surface area contributed by atoms with Gasteiger partial charge in [-0.05, 0) is 43.7 Å². The Bertz CT molecular complexity index is 267. The van der Waals surface area contributed by atoms with Crippen molar-refractivity contribution < 1.29 is 4.79 Å². The van der Waals surface area contributed by atoms with Gasteiger partial charge in [0.1, 0.15) is 0 Å². The van der Waals surface area contributed by atoms with Crippen LogP contribution >= 0.6 is 0 Å². The van der Waals surface area contributed by atoms with Crippen molar-refractivity contribution in [1.82, 2.24) is 10.2 Å². The van der Waals surface area contributed by atoms with Crippen molar-refractivity contribution >= 4 is 5.91 Å². The number of rotatable bonds is 1. The van der Waals surface area contributed by atoms with Crippen LogP contribution in [0.25, 0.3) is 0 Å². The van der Waals surface area contributed by atoms with E-state index >= 15 is 0 Å². The molecule has 1 aliphatic carbocycles. The molecule has 0 aromatic rings. The molecule has 0 aromatic carbocycles. The van der Waals surface area contributed by atoms with E-state index < -0.39 is 0 Å². The summed E-state index contributed by atoms with van der Waals surface area (Å²) in [5.74, 6) is 2.90. The smallest absolute Gasteiger partial charge is 0.225 e. The minimum atomic E-state index is 0.372. The molecule has 2 bridgehead atoms. The van der Waals surface area contributed by atoms with Crippen LogP contribution in [-0.4, -0.2) is 37.0 Å². The molecule has 2 saturated heterocycles. The maximum Gasteiger partial charge on any atom is 0.225 e. The molecule has 2 heterocycles. The van der Waals surface area contributed by atoms with Crippen molar-refractivity contribution in [3.05, 3.63) is 0 Å². The van der Waals surface area contributed by atoms with Gasteiger partial charge in [0.2, 0.25) is 5.91 Å². The normalized spacial score (nSPS) is 43.9. The van der Waals surface area contributed by atoms with Crippen molar-refractivity contribution in [3.63, 3.8) is 0 Å². The highest BCUT2D eigenvalue weighted by atomic mass is 16.2. The summed E-state index contributed by atoms with van der Waals surface area (Å²) in [6.07, 6.45) is 2.46. The van der Waals surface area contributed by atoms with Crippen LogP contribution in [0.2, 0.25) is 0 Å². The van der Waals surface area contributed by atoms with E-state index in [2.05, 4.69) is 17.1 Å². The zero-order chi connectivity index (χ0) is 10.4. The van der Waals surface area contributed by atoms with Gasteiger partial charge in [-0.3, -0.25) is 4.79 Å². The molecule has 3 fully saturated rings. The summed E-state index contributed by atoms with van der Waals surface area (Å²) in [5, 5.41) is 3.46. The van der Waals surface area contributed by atoms with Crippen LogP contribution in [0.5, 0.6) is 0 Å². The molecular weight excluding hydrogens is 188 g/mol. The molecule has 0 aromatic heterocycles. The van der Waals surface area contributed by atoms with Gasteiger partial charge in [0.05, 0.1) is 0 Å². The zero-order valence-corrected chi connectivity index (χ0v) is 9.41. The fourth-order valence-corrected chi connectivity index (χ4v) is 3.19. The van der Waals surface area contributed by atoms with Crippen molar-refractivity contribution in [2.24, 2.45) is 23.7 Å². The highest BCUT2D eigenvalue weighted by molar-refractivity contribution is 5.81. The number of nitrogens with one attached hydrogen (secondary N) is 1. The highest BCUT2D eigenvalue weighted by Crippen LogP contribution is 2.40. The Labute approximate surface area is 91.2 Å². The van der Waals surface area contributed by atoms with Crippen LogP contribution in [0.15, 0.2) is 0 Å². The van der Waals surface area contributed by atoms with Crippen molar-refractivity contribution in [1.29, 1.82) is 0 Å². The molecule has 84 valence electrons. The predicted molar refractivity (Wildman–Crippen MR) is 58.3 cm³/mol. The van der Waals surface area contributed by atoms with Gasteiger partial charge in [0, 0.05) is 19.0 Å². The van der Waals surface area contributed by atoms with Gasteiger partial charge in [-0.25, -0.2) is 0 Å². The summed E-state index contributed by atoms with van der Waals surface area (Å²) in [5.41, 5.74) is 0. The van der Waals surface area contributed by atoms with E-state index in [1.807, 2.05) is 0 Å². The summed E-state index contributed by atoms with van der Waals surface area (Å²) >= 11 is 0. The Kier molecular flexibility index (Phi) is 2.23. The Balaban J connectivity index is 1.64. The van der Waals surface area contributed by atoms with E-state index in [1.165, 1.54) is 6.42 Å². The lowest BCUT2D eigenvalue weighted by Gasteiger charge is -2.41. The number of carbonyl (C=O) groups excluding carboxylic acids is 1. The number of piperidine rings is 2. The molecule has 1 N–H and O–H groups in total. The fourth-order valence-electron chi connectivity index (χ4n) is 3.19. The molecule has 2 aliphatic heterocycles. The Morgan fingerprint density at radius 2 is 1.80 bits per heavy atom. The van der Waals surface area contributed by atoms with Crippen molar-refractivity contribution in [2.75, 3.05) is 26.2 Å². The summed E-state index contributed by atoms with van der Waals surface area (Å²) < 4.78 is 0. The quantitative estimate of drug-likeness (QED) is 0.688. The number of hydrogen-bond donors (Lipinski definition) is 1. The lowest BCUT2D eigenvalue weighted by molar-refractivity contribution is -0.136. The number of amides is 1. The Hall–Kier alpha value is -0.570. The number of hydrogen-bond acceptors (Lipinski definition) is 2. The number of carbonyl (C=O) groups is 1. The van der Waals surface area contributed by atoms with Gasteiger partial charge in [-0.1, -0.05) is 6.92 Å². The monoisotopic (exact) mass is 208 g/mol. The third-order valence-corrected chi connectivity index (χ3v) is 4.23. The summed E-state index contributed by atoms with van der Waals surface area (Å²) in [6.45, 7) is 6.42. The second-order valence-electron chi connectivity index (χ2n) is 5.69. The molecule has 3 aliphatic rings. The topological polar surface area (TPSA) is 32.3 Å². The minimum absolute atomic E-state index is 0.372. The maximum atomic E-state index is 12.1. The average molecular weight is 208 g/mol. The molecule has 3 heteroatoms. The Morgan fingerprint density at radius 3 is 2.33 bits per heavy atom. The van der Waals surface area contributed by atoms with E-state index in [-0.39, 0.29) is 0 Å². The molecule has 0 radical (unpaired) electrons. The first-order valence-electron chi connectivity index (χ1n) is 6.23. The predicted octanol–water partition coefficient (Wildman–Crippen LogP) is 0.710. The highest BCUT2D eigenvalue weighted by Gasteiger charge is 2.43. The van der Waals surface area contributed by atoms with Crippen LogP contribution in [0.4, 0.5) is 0 Å². The zero-order valence-electron chi connectivity index (χ0n) is 9.41.